The number of hydrogen-bond donors (Lipinski definition) is 1. The van der Waals surface area contributed by atoms with Crippen molar-refractivity contribution in [3.8, 4) is 11.5 Å². The second-order valence-corrected chi connectivity index (χ2v) is 11.7. The maximum Gasteiger partial charge on any atom is 0.246 e. The van der Waals surface area contributed by atoms with Gasteiger partial charge in [-0.2, -0.15) is 5.10 Å². The molecule has 1 aromatic carbocycles. The Morgan fingerprint density at radius 1 is 0.974 bits per heavy atom. The number of rotatable bonds is 12. The van der Waals surface area contributed by atoms with Crippen molar-refractivity contribution in [1.29, 1.82) is 0 Å². The lowest BCUT2D eigenvalue weighted by Crippen LogP contribution is -2.45. The van der Waals surface area contributed by atoms with Gasteiger partial charge in [-0.05, 0) is 76.0 Å². The highest BCUT2D eigenvalue weighted by Crippen LogP contribution is 2.40. The van der Waals surface area contributed by atoms with E-state index in [4.69, 9.17) is 19.3 Å². The summed E-state index contributed by atoms with van der Waals surface area (Å²) < 4.78 is 17.7. The normalized spacial score (nSPS) is 27.4. The minimum atomic E-state index is -0.0658. The molecule has 0 bridgehead atoms. The molecule has 4 atom stereocenters. The molecular formula is C32H47N3O4. The van der Waals surface area contributed by atoms with Gasteiger partial charge in [0.1, 0.15) is 0 Å². The summed E-state index contributed by atoms with van der Waals surface area (Å²) in [4.78, 5) is 13.4. The number of methoxy groups -OCH3 is 2. The summed E-state index contributed by atoms with van der Waals surface area (Å²) >= 11 is 0. The average Bonchev–Trinajstić information content (AvgIpc) is 3.47. The van der Waals surface area contributed by atoms with E-state index in [1.807, 2.05) is 18.2 Å². The van der Waals surface area contributed by atoms with E-state index in [1.54, 1.807) is 19.2 Å². The van der Waals surface area contributed by atoms with E-state index in [-0.39, 0.29) is 17.7 Å². The first-order valence-corrected chi connectivity index (χ1v) is 15.3. The number of fused-ring (bicyclic) bond motifs is 1. The Morgan fingerprint density at radius 2 is 1.79 bits per heavy atom. The summed E-state index contributed by atoms with van der Waals surface area (Å²) in [6.07, 6.45) is 19.2. The molecule has 2 aliphatic carbocycles. The third-order valence-corrected chi connectivity index (χ3v) is 9.17. The molecule has 39 heavy (non-hydrogen) atoms. The fourth-order valence-electron chi connectivity index (χ4n) is 7.02. The zero-order valence-electron chi connectivity index (χ0n) is 23.9. The fourth-order valence-corrected chi connectivity index (χ4v) is 7.02. The van der Waals surface area contributed by atoms with E-state index in [1.165, 1.54) is 44.9 Å². The van der Waals surface area contributed by atoms with Gasteiger partial charge in [-0.25, -0.2) is 5.01 Å². The van der Waals surface area contributed by atoms with Crippen LogP contribution in [-0.2, 0) is 9.53 Å². The molecule has 1 amide bonds. The van der Waals surface area contributed by atoms with Crippen LogP contribution in [0.5, 0.6) is 11.5 Å². The average molecular weight is 538 g/mol. The highest BCUT2D eigenvalue weighted by Gasteiger charge is 2.41. The molecule has 1 saturated heterocycles. The van der Waals surface area contributed by atoms with Crippen LogP contribution in [0.4, 0.5) is 0 Å². The third-order valence-electron chi connectivity index (χ3n) is 9.17. The van der Waals surface area contributed by atoms with E-state index in [9.17, 15) is 4.79 Å². The van der Waals surface area contributed by atoms with E-state index >= 15 is 0 Å². The Balaban J connectivity index is 1.10. The second kappa shape index (κ2) is 13.8. The Kier molecular flexibility index (Phi) is 9.96. The SMILES string of the molecule is COc1cccc(C2=NN(CCCCCNCC3CCC(C4CCCCC4)O3)C(=O)C3CC=CCC23)c1OC. The van der Waals surface area contributed by atoms with E-state index in [0.29, 0.717) is 30.3 Å². The number of para-hydroxylation sites is 1. The zero-order valence-corrected chi connectivity index (χ0v) is 23.9. The van der Waals surface area contributed by atoms with Gasteiger partial charge in [-0.1, -0.05) is 43.9 Å². The van der Waals surface area contributed by atoms with Crippen molar-refractivity contribution >= 4 is 11.6 Å². The largest absolute Gasteiger partial charge is 0.493 e. The van der Waals surface area contributed by atoms with Crippen molar-refractivity contribution in [3.63, 3.8) is 0 Å². The van der Waals surface area contributed by atoms with Crippen LogP contribution in [0.25, 0.3) is 0 Å². The Labute approximate surface area is 234 Å². The quantitative estimate of drug-likeness (QED) is 0.273. The minimum Gasteiger partial charge on any atom is -0.493 e. The standard InChI is InChI=1S/C32H47N3O4/c1-37-29-17-11-16-27(31(29)38-2)30-25-14-7-8-15-26(25)32(36)35(34-30)21-10-4-9-20-33-22-24-18-19-28(39-24)23-12-5-3-6-13-23/h7-8,11,16-17,23-26,28,33H,3-6,9-10,12-15,18-22H2,1-2H3. The first-order valence-electron chi connectivity index (χ1n) is 15.3. The highest BCUT2D eigenvalue weighted by atomic mass is 16.5. The minimum absolute atomic E-state index is 0.0658. The van der Waals surface area contributed by atoms with Gasteiger partial charge in [0.05, 0.1) is 38.1 Å². The van der Waals surface area contributed by atoms with Crippen molar-refractivity contribution in [2.45, 2.75) is 89.3 Å². The van der Waals surface area contributed by atoms with Crippen molar-refractivity contribution in [2.24, 2.45) is 22.9 Å². The summed E-state index contributed by atoms with van der Waals surface area (Å²) in [5.41, 5.74) is 1.85. The van der Waals surface area contributed by atoms with E-state index in [2.05, 4.69) is 17.5 Å². The second-order valence-electron chi connectivity index (χ2n) is 11.7. The number of unbranched alkanes of at least 4 members (excludes halogenated alkanes) is 2. The number of nitrogens with one attached hydrogen (secondary N) is 1. The van der Waals surface area contributed by atoms with Crippen molar-refractivity contribution in [1.82, 2.24) is 10.3 Å². The smallest absolute Gasteiger partial charge is 0.246 e. The molecule has 5 rings (SSSR count). The molecule has 2 aliphatic heterocycles. The van der Waals surface area contributed by atoms with Gasteiger partial charge in [0.15, 0.2) is 11.5 Å². The number of hydrogen-bond acceptors (Lipinski definition) is 6. The van der Waals surface area contributed by atoms with Crippen LogP contribution in [0.1, 0.15) is 82.6 Å². The van der Waals surface area contributed by atoms with Gasteiger partial charge in [0.25, 0.3) is 0 Å². The lowest BCUT2D eigenvalue weighted by molar-refractivity contribution is -0.137. The van der Waals surface area contributed by atoms with Crippen molar-refractivity contribution in [2.75, 3.05) is 33.9 Å². The molecule has 7 heteroatoms. The van der Waals surface area contributed by atoms with Crippen LogP contribution in [-0.4, -0.2) is 62.7 Å². The molecular weight excluding hydrogens is 490 g/mol. The summed E-state index contributed by atoms with van der Waals surface area (Å²) in [5, 5.41) is 10.3. The molecule has 4 aliphatic rings. The summed E-state index contributed by atoms with van der Waals surface area (Å²) in [5.74, 6) is 2.32. The summed E-state index contributed by atoms with van der Waals surface area (Å²) in [6.45, 7) is 2.60. The van der Waals surface area contributed by atoms with Crippen LogP contribution >= 0.6 is 0 Å². The summed E-state index contributed by atoms with van der Waals surface area (Å²) in [7, 11) is 3.31. The number of nitrogens with zero attached hydrogens (tertiary/aromatic N) is 2. The first kappa shape index (κ1) is 28.2. The molecule has 1 N–H and O–H groups in total. The van der Waals surface area contributed by atoms with Gasteiger partial charge in [0.2, 0.25) is 5.91 Å². The maximum absolute atomic E-state index is 13.4. The molecule has 2 heterocycles. The predicted molar refractivity (Wildman–Crippen MR) is 154 cm³/mol. The highest BCUT2D eigenvalue weighted by molar-refractivity contribution is 6.09. The van der Waals surface area contributed by atoms with Crippen LogP contribution in [0.15, 0.2) is 35.5 Å². The number of hydrazone groups is 1. The molecule has 0 aromatic heterocycles. The fraction of sp³-hybridized carbons (Fsp3) is 0.688. The third kappa shape index (κ3) is 6.68. The molecule has 0 spiro atoms. The zero-order chi connectivity index (χ0) is 27.0. The Bertz CT molecular complexity index is 1020. The molecule has 1 aromatic rings. The lowest BCUT2D eigenvalue weighted by Gasteiger charge is -2.37. The maximum atomic E-state index is 13.4. The van der Waals surface area contributed by atoms with Crippen LogP contribution in [0.3, 0.4) is 0 Å². The Morgan fingerprint density at radius 3 is 2.59 bits per heavy atom. The summed E-state index contributed by atoms with van der Waals surface area (Å²) in [6, 6.07) is 5.89. The topological polar surface area (TPSA) is 72.4 Å². The van der Waals surface area contributed by atoms with Gasteiger partial charge >= 0.3 is 0 Å². The number of ether oxygens (including phenoxy) is 3. The van der Waals surface area contributed by atoms with Crippen molar-refractivity contribution < 1.29 is 19.0 Å². The Hall–Kier alpha value is -2.38. The molecule has 0 radical (unpaired) electrons. The first-order chi connectivity index (χ1) is 19.2. The molecule has 214 valence electrons. The molecule has 7 nitrogen and oxygen atoms in total. The van der Waals surface area contributed by atoms with E-state index in [0.717, 1.165) is 62.4 Å². The van der Waals surface area contributed by atoms with Gasteiger partial charge < -0.3 is 19.5 Å². The number of allylic oxidation sites excluding steroid dienone is 2. The van der Waals surface area contributed by atoms with Crippen molar-refractivity contribution in [3.05, 3.63) is 35.9 Å². The lowest BCUT2D eigenvalue weighted by atomic mass is 9.76. The van der Waals surface area contributed by atoms with Gasteiger partial charge in [-0.15, -0.1) is 0 Å². The van der Waals surface area contributed by atoms with E-state index < -0.39 is 0 Å². The predicted octanol–water partition coefficient (Wildman–Crippen LogP) is 5.72. The van der Waals surface area contributed by atoms with Crippen LogP contribution in [0, 0.1) is 17.8 Å². The number of amides is 1. The number of carbonyl (C=O) groups is 1. The van der Waals surface area contributed by atoms with Gasteiger partial charge in [-0.3, -0.25) is 4.79 Å². The van der Waals surface area contributed by atoms with Crippen LogP contribution < -0.4 is 14.8 Å². The molecule has 2 fully saturated rings. The van der Waals surface area contributed by atoms with Gasteiger partial charge in [0, 0.05) is 24.6 Å². The number of carbonyl (C=O) groups excluding carboxylic acids is 1. The van der Waals surface area contributed by atoms with Crippen LogP contribution in [0.2, 0.25) is 0 Å². The molecule has 1 saturated carbocycles. The monoisotopic (exact) mass is 537 g/mol. The molecule has 4 unspecified atom stereocenters. The number of benzene rings is 1.